The van der Waals surface area contributed by atoms with Crippen LogP contribution in [0.25, 0.3) is 11.5 Å². The van der Waals surface area contributed by atoms with Crippen molar-refractivity contribution in [2.75, 3.05) is 18.6 Å². The molecule has 1 aromatic carbocycles. The highest BCUT2D eigenvalue weighted by atomic mass is 32.2. The molecule has 0 aliphatic rings. The summed E-state index contributed by atoms with van der Waals surface area (Å²) < 4.78 is 5.61. The van der Waals surface area contributed by atoms with Crippen LogP contribution in [0.15, 0.2) is 34.7 Å². The number of hydrogen-bond acceptors (Lipinski definition) is 5. The zero-order chi connectivity index (χ0) is 13.3. The molecular formula is C14H19N3OS. The first-order chi connectivity index (χ1) is 9.40. The van der Waals surface area contributed by atoms with Gasteiger partial charge in [-0.05, 0) is 43.5 Å². The van der Waals surface area contributed by atoms with Gasteiger partial charge in [-0.15, -0.1) is 10.2 Å². The molecule has 2 aromatic rings. The molecule has 1 N–H and O–H groups in total. The normalized spacial score (nSPS) is 10.8. The maximum Gasteiger partial charge on any atom is 0.247 e. The molecule has 0 aliphatic carbocycles. The van der Waals surface area contributed by atoms with Gasteiger partial charge in [-0.1, -0.05) is 18.2 Å². The van der Waals surface area contributed by atoms with Crippen LogP contribution in [0.3, 0.4) is 0 Å². The second-order valence-electron chi connectivity index (χ2n) is 4.24. The van der Waals surface area contributed by atoms with Crippen molar-refractivity contribution in [3.63, 3.8) is 0 Å². The fourth-order valence-electron chi connectivity index (χ4n) is 1.71. The van der Waals surface area contributed by atoms with Gasteiger partial charge in [0.2, 0.25) is 11.8 Å². The Hall–Kier alpha value is -1.33. The number of hydrogen-bond donors (Lipinski definition) is 1. The van der Waals surface area contributed by atoms with E-state index in [9.17, 15) is 0 Å². The Morgan fingerprint density at radius 1 is 1.16 bits per heavy atom. The van der Waals surface area contributed by atoms with Gasteiger partial charge in [-0.3, -0.25) is 0 Å². The van der Waals surface area contributed by atoms with Crippen LogP contribution in [0, 0.1) is 0 Å². The van der Waals surface area contributed by atoms with Crippen LogP contribution in [0.1, 0.15) is 18.7 Å². The summed E-state index contributed by atoms with van der Waals surface area (Å²) in [6.45, 7) is 1.63. The Bertz CT molecular complexity index is 473. The van der Waals surface area contributed by atoms with Crippen LogP contribution in [0.4, 0.5) is 0 Å². The highest BCUT2D eigenvalue weighted by molar-refractivity contribution is 7.98. The van der Waals surface area contributed by atoms with Crippen LogP contribution in [0.2, 0.25) is 0 Å². The molecule has 5 heteroatoms. The summed E-state index contributed by atoms with van der Waals surface area (Å²) in [7, 11) is 0. The molecule has 0 aliphatic heterocycles. The quantitative estimate of drug-likeness (QED) is 0.752. The van der Waals surface area contributed by atoms with E-state index in [0.29, 0.717) is 18.3 Å². The van der Waals surface area contributed by atoms with E-state index in [1.807, 2.05) is 42.1 Å². The van der Waals surface area contributed by atoms with E-state index in [1.54, 1.807) is 0 Å². The topological polar surface area (TPSA) is 51.0 Å². The summed E-state index contributed by atoms with van der Waals surface area (Å²) in [5, 5.41) is 11.4. The molecule has 0 saturated carbocycles. The minimum atomic E-state index is 0.583. The van der Waals surface area contributed by atoms with Crippen LogP contribution < -0.4 is 5.32 Å². The Labute approximate surface area is 118 Å². The van der Waals surface area contributed by atoms with Crippen molar-refractivity contribution in [3.05, 3.63) is 36.2 Å². The maximum atomic E-state index is 5.61. The fraction of sp³-hybridized carbons (Fsp3) is 0.429. The van der Waals surface area contributed by atoms with Gasteiger partial charge in [0.25, 0.3) is 0 Å². The molecule has 1 aromatic heterocycles. The Morgan fingerprint density at radius 2 is 2.00 bits per heavy atom. The van der Waals surface area contributed by atoms with Gasteiger partial charge in [0.1, 0.15) is 0 Å². The van der Waals surface area contributed by atoms with E-state index in [1.165, 1.54) is 18.6 Å². The zero-order valence-corrected chi connectivity index (χ0v) is 11.9. The summed E-state index contributed by atoms with van der Waals surface area (Å²) in [5.74, 6) is 2.45. The maximum absolute atomic E-state index is 5.61. The summed E-state index contributed by atoms with van der Waals surface area (Å²) in [5.41, 5.74) is 0.959. The zero-order valence-electron chi connectivity index (χ0n) is 11.1. The molecule has 0 radical (unpaired) electrons. The Kier molecular flexibility index (Phi) is 5.91. The van der Waals surface area contributed by atoms with Crippen molar-refractivity contribution >= 4 is 11.8 Å². The predicted molar refractivity (Wildman–Crippen MR) is 79.1 cm³/mol. The number of unbranched alkanes of at least 4 members (excludes halogenated alkanes) is 1. The van der Waals surface area contributed by atoms with Gasteiger partial charge in [-0.25, -0.2) is 0 Å². The lowest BCUT2D eigenvalue weighted by molar-refractivity contribution is 0.475. The van der Waals surface area contributed by atoms with Crippen LogP contribution in [0.5, 0.6) is 0 Å². The number of rotatable bonds is 8. The second kappa shape index (κ2) is 7.96. The number of thioether (sulfide) groups is 1. The highest BCUT2D eigenvalue weighted by Gasteiger charge is 2.07. The van der Waals surface area contributed by atoms with Gasteiger partial charge >= 0.3 is 0 Å². The smallest absolute Gasteiger partial charge is 0.247 e. The van der Waals surface area contributed by atoms with Crippen molar-refractivity contribution in [2.24, 2.45) is 0 Å². The van der Waals surface area contributed by atoms with Gasteiger partial charge < -0.3 is 9.73 Å². The minimum Gasteiger partial charge on any atom is -0.419 e. The lowest BCUT2D eigenvalue weighted by Gasteiger charge is -2.00. The van der Waals surface area contributed by atoms with E-state index < -0.39 is 0 Å². The van der Waals surface area contributed by atoms with E-state index in [4.69, 9.17) is 4.42 Å². The van der Waals surface area contributed by atoms with Crippen molar-refractivity contribution < 1.29 is 4.42 Å². The molecule has 4 nitrogen and oxygen atoms in total. The molecule has 0 atom stereocenters. The highest BCUT2D eigenvalue weighted by Crippen LogP contribution is 2.16. The monoisotopic (exact) mass is 277 g/mol. The average Bonchev–Trinajstić information content (AvgIpc) is 2.92. The van der Waals surface area contributed by atoms with Crippen LogP contribution in [-0.4, -0.2) is 28.8 Å². The van der Waals surface area contributed by atoms with Crippen molar-refractivity contribution in [1.29, 1.82) is 0 Å². The molecular weight excluding hydrogens is 258 g/mol. The van der Waals surface area contributed by atoms with Gasteiger partial charge in [0.15, 0.2) is 0 Å². The lowest BCUT2D eigenvalue weighted by Crippen LogP contribution is -2.15. The number of nitrogens with one attached hydrogen (secondary N) is 1. The summed E-state index contributed by atoms with van der Waals surface area (Å²) in [4.78, 5) is 0. The summed E-state index contributed by atoms with van der Waals surface area (Å²) >= 11 is 1.89. The number of aromatic nitrogens is 2. The largest absolute Gasteiger partial charge is 0.419 e. The van der Waals surface area contributed by atoms with Crippen LogP contribution in [-0.2, 0) is 6.54 Å². The SMILES string of the molecule is CSCCCCNCc1nnc(-c2ccccc2)o1. The van der Waals surface area contributed by atoms with Gasteiger partial charge in [0, 0.05) is 5.56 Å². The first-order valence-corrected chi connectivity index (χ1v) is 7.87. The van der Waals surface area contributed by atoms with E-state index in [0.717, 1.165) is 12.1 Å². The second-order valence-corrected chi connectivity index (χ2v) is 5.23. The Morgan fingerprint density at radius 3 is 2.79 bits per heavy atom. The molecule has 0 saturated heterocycles. The third kappa shape index (κ3) is 4.69. The van der Waals surface area contributed by atoms with E-state index in [-0.39, 0.29) is 0 Å². The molecule has 0 unspecified atom stereocenters. The van der Waals surface area contributed by atoms with Gasteiger partial charge in [0.05, 0.1) is 6.54 Å². The first kappa shape index (κ1) is 14.1. The van der Waals surface area contributed by atoms with Crippen molar-refractivity contribution in [2.45, 2.75) is 19.4 Å². The number of nitrogens with zero attached hydrogens (tertiary/aromatic N) is 2. The Balaban J connectivity index is 1.75. The number of benzene rings is 1. The molecule has 0 fully saturated rings. The minimum absolute atomic E-state index is 0.583. The van der Waals surface area contributed by atoms with Gasteiger partial charge in [-0.2, -0.15) is 11.8 Å². The molecule has 0 bridgehead atoms. The molecule has 0 amide bonds. The lowest BCUT2D eigenvalue weighted by atomic mass is 10.2. The molecule has 1 heterocycles. The molecule has 19 heavy (non-hydrogen) atoms. The van der Waals surface area contributed by atoms with E-state index in [2.05, 4.69) is 21.8 Å². The summed E-state index contributed by atoms with van der Waals surface area (Å²) in [6.07, 6.45) is 4.56. The third-order valence-electron chi connectivity index (χ3n) is 2.72. The van der Waals surface area contributed by atoms with Crippen molar-refractivity contribution in [3.8, 4) is 11.5 Å². The molecule has 0 spiro atoms. The predicted octanol–water partition coefficient (Wildman–Crippen LogP) is 2.97. The first-order valence-electron chi connectivity index (χ1n) is 6.47. The molecule has 2 rings (SSSR count). The standard InChI is InChI=1S/C14H19N3OS/c1-19-10-6-5-9-15-11-13-16-17-14(18-13)12-7-3-2-4-8-12/h2-4,7-8,15H,5-6,9-11H2,1H3. The summed E-state index contributed by atoms with van der Waals surface area (Å²) in [6, 6.07) is 9.82. The average molecular weight is 277 g/mol. The van der Waals surface area contributed by atoms with Crippen LogP contribution >= 0.6 is 11.8 Å². The van der Waals surface area contributed by atoms with E-state index >= 15 is 0 Å². The fourth-order valence-corrected chi connectivity index (χ4v) is 2.21. The van der Waals surface area contributed by atoms with Crippen molar-refractivity contribution in [1.82, 2.24) is 15.5 Å². The third-order valence-corrected chi connectivity index (χ3v) is 3.41. The molecule has 102 valence electrons.